The highest BCUT2D eigenvalue weighted by molar-refractivity contribution is 7.86. The molecule has 0 radical (unpaired) electrons. The number of ether oxygens (including phenoxy) is 1. The van der Waals surface area contributed by atoms with Gasteiger partial charge in [-0.05, 0) is 31.0 Å². The van der Waals surface area contributed by atoms with Crippen LogP contribution in [0.3, 0.4) is 0 Å². The maximum atomic E-state index is 11.8. The molecular weight excluding hydrogens is 306 g/mol. The Hall–Kier alpha value is -1.76. The Kier molecular flexibility index (Phi) is 6.22. The maximum Gasteiger partial charge on any atom is 0.306 e. The molecule has 1 atom stereocenters. The molecule has 0 aliphatic heterocycles. The monoisotopic (exact) mass is 329 g/mol. The van der Waals surface area contributed by atoms with Crippen LogP contribution < -0.4 is 8.92 Å². The summed E-state index contributed by atoms with van der Waals surface area (Å²) in [4.78, 5) is 13.5. The van der Waals surface area contributed by atoms with Crippen molar-refractivity contribution in [3.63, 3.8) is 0 Å². The minimum absolute atomic E-state index is 0.0317. The highest BCUT2D eigenvalue weighted by Gasteiger charge is 2.17. The van der Waals surface area contributed by atoms with Gasteiger partial charge in [-0.25, -0.2) is 0 Å². The molecule has 0 bridgehead atoms. The molecule has 1 rings (SSSR count). The molecule has 0 heterocycles. The van der Waals surface area contributed by atoms with E-state index in [2.05, 4.69) is 0 Å². The zero-order valence-corrected chi connectivity index (χ0v) is 14.4. The molecule has 0 spiro atoms. The molecule has 0 aliphatic rings. The largest absolute Gasteiger partial charge is 0.493 e. The first kappa shape index (κ1) is 18.3. The van der Waals surface area contributed by atoms with Crippen LogP contribution in [-0.4, -0.2) is 38.6 Å². The van der Waals surface area contributed by atoms with Gasteiger partial charge in [0, 0.05) is 19.5 Å². The van der Waals surface area contributed by atoms with Gasteiger partial charge in [-0.2, -0.15) is 8.42 Å². The van der Waals surface area contributed by atoms with E-state index >= 15 is 0 Å². The van der Waals surface area contributed by atoms with Crippen LogP contribution in [0.15, 0.2) is 18.2 Å². The summed E-state index contributed by atoms with van der Waals surface area (Å²) in [5, 5.41) is 0. The van der Waals surface area contributed by atoms with Gasteiger partial charge in [0.15, 0.2) is 11.5 Å². The number of benzene rings is 1. The van der Waals surface area contributed by atoms with E-state index in [1.165, 1.54) is 14.0 Å². The molecule has 0 N–H and O–H groups in total. The van der Waals surface area contributed by atoms with Gasteiger partial charge in [0.2, 0.25) is 5.91 Å². The normalized spacial score (nSPS) is 12.6. The Morgan fingerprint density at radius 3 is 2.41 bits per heavy atom. The van der Waals surface area contributed by atoms with Gasteiger partial charge in [0.25, 0.3) is 0 Å². The SMILES string of the molecule is CCC(C)N(Cc1ccc(OC)c(OS(C)(=O)=O)c1)C(C)=O. The van der Waals surface area contributed by atoms with Crippen LogP contribution in [0.1, 0.15) is 32.8 Å². The van der Waals surface area contributed by atoms with Gasteiger partial charge >= 0.3 is 10.1 Å². The molecule has 0 fully saturated rings. The Morgan fingerprint density at radius 1 is 1.32 bits per heavy atom. The minimum Gasteiger partial charge on any atom is -0.493 e. The Bertz CT molecular complexity index is 627. The number of amides is 1. The number of carbonyl (C=O) groups excluding carboxylic acids is 1. The van der Waals surface area contributed by atoms with Gasteiger partial charge < -0.3 is 13.8 Å². The van der Waals surface area contributed by atoms with Crippen molar-refractivity contribution >= 4 is 16.0 Å². The van der Waals surface area contributed by atoms with E-state index in [0.717, 1.165) is 18.2 Å². The molecular formula is C15H23NO5S. The molecule has 1 aromatic rings. The van der Waals surface area contributed by atoms with Crippen molar-refractivity contribution in [1.82, 2.24) is 4.90 Å². The first-order valence-electron chi connectivity index (χ1n) is 7.01. The second kappa shape index (κ2) is 7.49. The lowest BCUT2D eigenvalue weighted by Crippen LogP contribution is -2.36. The van der Waals surface area contributed by atoms with Crippen molar-refractivity contribution in [2.75, 3.05) is 13.4 Å². The van der Waals surface area contributed by atoms with E-state index in [1.807, 2.05) is 13.8 Å². The molecule has 0 saturated carbocycles. The number of rotatable bonds is 7. The summed E-state index contributed by atoms with van der Waals surface area (Å²) in [6.45, 7) is 5.88. The lowest BCUT2D eigenvalue weighted by molar-refractivity contribution is -0.131. The van der Waals surface area contributed by atoms with Crippen molar-refractivity contribution in [1.29, 1.82) is 0 Å². The van der Waals surface area contributed by atoms with E-state index in [4.69, 9.17) is 8.92 Å². The summed E-state index contributed by atoms with van der Waals surface area (Å²) < 4.78 is 32.7. The van der Waals surface area contributed by atoms with E-state index < -0.39 is 10.1 Å². The lowest BCUT2D eigenvalue weighted by atomic mass is 10.1. The molecule has 22 heavy (non-hydrogen) atoms. The summed E-state index contributed by atoms with van der Waals surface area (Å²) in [7, 11) is -2.22. The first-order valence-corrected chi connectivity index (χ1v) is 8.83. The fraction of sp³-hybridized carbons (Fsp3) is 0.533. The van der Waals surface area contributed by atoms with Crippen LogP contribution in [0.25, 0.3) is 0 Å². The zero-order valence-electron chi connectivity index (χ0n) is 13.6. The summed E-state index contributed by atoms with van der Waals surface area (Å²) in [5.74, 6) is 0.415. The standard InChI is InChI=1S/C15H23NO5S/c1-6-11(2)16(12(3)17)10-13-7-8-14(20-4)15(9-13)21-22(5,18)19/h7-9,11H,6,10H2,1-5H3. The van der Waals surface area contributed by atoms with E-state index in [-0.39, 0.29) is 17.7 Å². The van der Waals surface area contributed by atoms with E-state index in [0.29, 0.717) is 12.3 Å². The molecule has 1 unspecified atom stereocenters. The Labute approximate surface area is 132 Å². The smallest absolute Gasteiger partial charge is 0.306 e. The van der Waals surface area contributed by atoms with E-state index in [1.54, 1.807) is 23.1 Å². The molecule has 1 amide bonds. The van der Waals surface area contributed by atoms with Gasteiger partial charge in [-0.15, -0.1) is 0 Å². The maximum absolute atomic E-state index is 11.8. The Balaban J connectivity index is 3.10. The number of methoxy groups -OCH3 is 1. The average molecular weight is 329 g/mol. The molecule has 0 saturated heterocycles. The van der Waals surface area contributed by atoms with Crippen LogP contribution >= 0.6 is 0 Å². The fourth-order valence-electron chi connectivity index (χ4n) is 2.04. The molecule has 0 aliphatic carbocycles. The van der Waals surface area contributed by atoms with Crippen LogP contribution in [0, 0.1) is 0 Å². The van der Waals surface area contributed by atoms with Crippen molar-refractivity contribution < 1.29 is 22.1 Å². The second-order valence-corrected chi connectivity index (χ2v) is 6.75. The average Bonchev–Trinajstić information content (AvgIpc) is 2.42. The first-order chi connectivity index (χ1) is 10.2. The van der Waals surface area contributed by atoms with E-state index in [9.17, 15) is 13.2 Å². The fourth-order valence-corrected chi connectivity index (χ4v) is 2.50. The molecule has 0 aromatic heterocycles. The third-order valence-electron chi connectivity index (χ3n) is 3.35. The van der Waals surface area contributed by atoms with Gasteiger partial charge in [0.1, 0.15) is 0 Å². The highest BCUT2D eigenvalue weighted by atomic mass is 32.2. The van der Waals surface area contributed by atoms with Gasteiger partial charge in [-0.3, -0.25) is 4.79 Å². The van der Waals surface area contributed by atoms with Crippen LogP contribution in [0.4, 0.5) is 0 Å². The third-order valence-corrected chi connectivity index (χ3v) is 3.83. The van der Waals surface area contributed by atoms with Gasteiger partial charge in [0.05, 0.1) is 13.4 Å². The minimum atomic E-state index is -3.65. The van der Waals surface area contributed by atoms with Crippen LogP contribution in [0.5, 0.6) is 11.5 Å². The summed E-state index contributed by atoms with van der Waals surface area (Å²) in [5.41, 5.74) is 0.773. The summed E-state index contributed by atoms with van der Waals surface area (Å²) >= 11 is 0. The second-order valence-electron chi connectivity index (χ2n) is 5.18. The zero-order chi connectivity index (χ0) is 16.9. The topological polar surface area (TPSA) is 72.9 Å². The highest BCUT2D eigenvalue weighted by Crippen LogP contribution is 2.30. The number of hydrogen-bond donors (Lipinski definition) is 0. The number of carbonyl (C=O) groups is 1. The molecule has 1 aromatic carbocycles. The van der Waals surface area contributed by atoms with Gasteiger partial charge in [-0.1, -0.05) is 13.0 Å². The van der Waals surface area contributed by atoms with Crippen molar-refractivity contribution in [2.24, 2.45) is 0 Å². The third kappa shape index (κ3) is 5.22. The predicted molar refractivity (Wildman–Crippen MR) is 84.4 cm³/mol. The number of nitrogens with zero attached hydrogens (tertiary/aromatic N) is 1. The van der Waals surface area contributed by atoms with Crippen LogP contribution in [-0.2, 0) is 21.5 Å². The lowest BCUT2D eigenvalue weighted by Gasteiger charge is -2.27. The Morgan fingerprint density at radius 2 is 1.95 bits per heavy atom. The summed E-state index contributed by atoms with van der Waals surface area (Å²) in [6, 6.07) is 5.09. The molecule has 124 valence electrons. The predicted octanol–water partition coefficient (Wildman–Crippen LogP) is 2.18. The molecule has 6 nitrogen and oxygen atoms in total. The van der Waals surface area contributed by atoms with Crippen molar-refractivity contribution in [3.8, 4) is 11.5 Å². The summed E-state index contributed by atoms with van der Waals surface area (Å²) in [6.07, 6.45) is 1.81. The molecule has 7 heteroatoms. The number of hydrogen-bond acceptors (Lipinski definition) is 5. The van der Waals surface area contributed by atoms with Crippen molar-refractivity contribution in [3.05, 3.63) is 23.8 Å². The van der Waals surface area contributed by atoms with Crippen LogP contribution in [0.2, 0.25) is 0 Å². The quantitative estimate of drug-likeness (QED) is 0.717. The van der Waals surface area contributed by atoms with Crippen molar-refractivity contribution in [2.45, 2.75) is 39.8 Å².